The molecule has 2 aromatic carbocycles. The van der Waals surface area contributed by atoms with Gasteiger partial charge in [-0.2, -0.15) is 0 Å². The number of benzene rings is 2. The Bertz CT molecular complexity index is 1150. The zero-order valence-corrected chi connectivity index (χ0v) is 17.7. The molecule has 0 saturated carbocycles. The van der Waals surface area contributed by atoms with Crippen molar-refractivity contribution in [1.29, 1.82) is 0 Å². The van der Waals surface area contributed by atoms with Crippen molar-refractivity contribution in [3.05, 3.63) is 77.0 Å². The summed E-state index contributed by atoms with van der Waals surface area (Å²) in [6, 6.07) is 13.8. The second-order valence-electron chi connectivity index (χ2n) is 7.67. The number of nitrogens with zero attached hydrogens (tertiary/aromatic N) is 1. The Hall–Kier alpha value is -2.93. The Morgan fingerprint density at radius 2 is 1.87 bits per heavy atom. The lowest BCUT2D eigenvalue weighted by molar-refractivity contribution is -0.137. The number of hydrogen-bond donors (Lipinski definition) is 0. The van der Waals surface area contributed by atoms with Crippen molar-refractivity contribution in [3.8, 4) is 0 Å². The average molecular weight is 426 g/mol. The number of carbonyl (C=O) groups is 2. The molecule has 2 aliphatic rings. The summed E-state index contributed by atoms with van der Waals surface area (Å²) in [6.07, 6.45) is 1.87. The predicted octanol–water partition coefficient (Wildman–Crippen LogP) is 3.26. The second kappa shape index (κ2) is 7.40. The van der Waals surface area contributed by atoms with E-state index in [2.05, 4.69) is 0 Å². The lowest BCUT2D eigenvalue weighted by Crippen LogP contribution is -2.34. The molecule has 6 nitrogen and oxygen atoms in total. The van der Waals surface area contributed by atoms with Crippen molar-refractivity contribution in [3.63, 3.8) is 0 Å². The first-order chi connectivity index (χ1) is 14.3. The monoisotopic (exact) mass is 425 g/mol. The maximum atomic E-state index is 13.4. The number of ether oxygens (including phenoxy) is 1. The number of esters is 1. The van der Waals surface area contributed by atoms with E-state index in [1.54, 1.807) is 43.3 Å². The zero-order valence-electron chi connectivity index (χ0n) is 16.9. The van der Waals surface area contributed by atoms with Gasteiger partial charge in [0.25, 0.3) is 10.0 Å². The van der Waals surface area contributed by atoms with Gasteiger partial charge in [0.15, 0.2) is 5.78 Å². The zero-order chi connectivity index (χ0) is 21.5. The molecule has 2 aromatic rings. The topological polar surface area (TPSA) is 80.8 Å². The van der Waals surface area contributed by atoms with Crippen LogP contribution in [0.1, 0.15) is 34.8 Å². The van der Waals surface area contributed by atoms with E-state index in [9.17, 15) is 18.0 Å². The number of hydrogen-bond acceptors (Lipinski definition) is 5. The number of aryl methyl sites for hydroxylation is 1. The van der Waals surface area contributed by atoms with Crippen molar-refractivity contribution in [1.82, 2.24) is 4.31 Å². The number of fused-ring (bicyclic) bond motifs is 1. The van der Waals surface area contributed by atoms with E-state index in [0.29, 0.717) is 18.4 Å². The van der Waals surface area contributed by atoms with Crippen molar-refractivity contribution < 1.29 is 22.7 Å². The van der Waals surface area contributed by atoms with Gasteiger partial charge in [0.1, 0.15) is 0 Å². The summed E-state index contributed by atoms with van der Waals surface area (Å²) >= 11 is 0. The minimum atomic E-state index is -3.93. The summed E-state index contributed by atoms with van der Waals surface area (Å²) in [6.45, 7) is 3.84. The molecule has 0 N–H and O–H groups in total. The molecule has 1 aliphatic carbocycles. The number of carbonyl (C=O) groups excluding carboxylic acids is 2. The lowest BCUT2D eigenvalue weighted by Gasteiger charge is -2.27. The third kappa shape index (κ3) is 3.13. The van der Waals surface area contributed by atoms with Gasteiger partial charge < -0.3 is 4.74 Å². The first-order valence-corrected chi connectivity index (χ1v) is 11.3. The van der Waals surface area contributed by atoms with Crippen LogP contribution >= 0.6 is 0 Å². The smallest absolute Gasteiger partial charge is 0.332 e. The van der Waals surface area contributed by atoms with Gasteiger partial charge >= 0.3 is 5.97 Å². The normalized spacial score (nSPS) is 22.0. The summed E-state index contributed by atoms with van der Waals surface area (Å²) < 4.78 is 33.1. The first-order valence-electron chi connectivity index (χ1n) is 9.90. The molecule has 1 saturated heterocycles. The highest BCUT2D eigenvalue weighted by Crippen LogP contribution is 2.51. The molecule has 30 heavy (non-hydrogen) atoms. The Kier molecular flexibility index (Phi) is 5.02. The van der Waals surface area contributed by atoms with E-state index >= 15 is 0 Å². The van der Waals surface area contributed by atoms with Gasteiger partial charge in [0, 0.05) is 18.2 Å². The molecule has 156 valence electrons. The lowest BCUT2D eigenvalue weighted by atomic mass is 9.80. The molecule has 1 unspecified atom stereocenters. The molecule has 0 aromatic heterocycles. The van der Waals surface area contributed by atoms with Crippen LogP contribution in [-0.2, 0) is 26.0 Å². The highest BCUT2D eigenvalue weighted by Gasteiger charge is 2.55. The summed E-state index contributed by atoms with van der Waals surface area (Å²) in [5.74, 6) is -0.795. The Balaban J connectivity index is 1.82. The highest BCUT2D eigenvalue weighted by molar-refractivity contribution is 7.89. The SMILES string of the molecule is CCOC(=O)/C=C1\N(S(=O)(=O)c2ccc(C)cc2)CCC12Cc1ccccc1C2=O. The van der Waals surface area contributed by atoms with E-state index < -0.39 is 21.4 Å². The molecular weight excluding hydrogens is 402 g/mol. The fraction of sp³-hybridized carbons (Fsp3) is 0.304. The molecule has 0 radical (unpaired) electrons. The highest BCUT2D eigenvalue weighted by atomic mass is 32.2. The van der Waals surface area contributed by atoms with Crippen molar-refractivity contribution in [2.24, 2.45) is 5.41 Å². The average Bonchev–Trinajstić information content (AvgIpc) is 3.21. The molecule has 1 fully saturated rings. The number of ketones is 1. The second-order valence-corrected chi connectivity index (χ2v) is 9.53. The number of rotatable bonds is 4. The van der Waals surface area contributed by atoms with Crippen LogP contribution in [0.15, 0.2) is 65.2 Å². The van der Waals surface area contributed by atoms with Gasteiger partial charge in [-0.3, -0.25) is 9.10 Å². The van der Waals surface area contributed by atoms with Crippen LogP contribution in [0.2, 0.25) is 0 Å². The van der Waals surface area contributed by atoms with E-state index in [1.165, 1.54) is 10.4 Å². The summed E-state index contributed by atoms with van der Waals surface area (Å²) in [4.78, 5) is 25.9. The Morgan fingerprint density at radius 3 is 2.53 bits per heavy atom. The summed E-state index contributed by atoms with van der Waals surface area (Å²) in [7, 11) is -3.93. The van der Waals surface area contributed by atoms with Crippen molar-refractivity contribution in [2.45, 2.75) is 31.6 Å². The Morgan fingerprint density at radius 1 is 1.17 bits per heavy atom. The number of allylic oxidation sites excluding steroid dienone is 1. The molecular formula is C23H23NO5S. The minimum Gasteiger partial charge on any atom is -0.463 e. The van der Waals surface area contributed by atoms with Crippen LogP contribution in [0.4, 0.5) is 0 Å². The van der Waals surface area contributed by atoms with Crippen LogP contribution in [-0.4, -0.2) is 37.6 Å². The minimum absolute atomic E-state index is 0.126. The molecule has 1 heterocycles. The largest absolute Gasteiger partial charge is 0.463 e. The third-order valence-corrected chi connectivity index (χ3v) is 7.67. The molecule has 4 rings (SSSR count). The third-order valence-electron chi connectivity index (χ3n) is 5.84. The summed E-state index contributed by atoms with van der Waals surface area (Å²) in [5.41, 5.74) is 1.51. The molecule has 7 heteroatoms. The summed E-state index contributed by atoms with van der Waals surface area (Å²) in [5, 5.41) is 0. The van der Waals surface area contributed by atoms with Gasteiger partial charge in [0.2, 0.25) is 0 Å². The van der Waals surface area contributed by atoms with Crippen molar-refractivity contribution >= 4 is 21.8 Å². The number of Topliss-reactive ketones (excluding diaryl/α,β-unsaturated/α-hetero) is 1. The molecule has 1 aliphatic heterocycles. The fourth-order valence-electron chi connectivity index (χ4n) is 4.34. The number of sulfonamides is 1. The van der Waals surface area contributed by atoms with E-state index in [0.717, 1.165) is 11.1 Å². The molecule has 1 atom stereocenters. The van der Waals surface area contributed by atoms with Gasteiger partial charge in [-0.25, -0.2) is 13.2 Å². The maximum Gasteiger partial charge on any atom is 0.332 e. The van der Waals surface area contributed by atoms with Crippen LogP contribution in [0.25, 0.3) is 0 Å². The molecule has 1 spiro atoms. The van der Waals surface area contributed by atoms with Crippen LogP contribution < -0.4 is 0 Å². The maximum absolute atomic E-state index is 13.4. The first kappa shape index (κ1) is 20.3. The van der Waals surface area contributed by atoms with E-state index in [-0.39, 0.29) is 29.5 Å². The molecule has 0 bridgehead atoms. The van der Waals surface area contributed by atoms with Crippen LogP contribution in [0.5, 0.6) is 0 Å². The van der Waals surface area contributed by atoms with Gasteiger partial charge in [-0.1, -0.05) is 42.0 Å². The Labute approximate surface area is 176 Å². The van der Waals surface area contributed by atoms with Crippen LogP contribution in [0.3, 0.4) is 0 Å². The van der Waals surface area contributed by atoms with Gasteiger partial charge in [-0.15, -0.1) is 0 Å². The van der Waals surface area contributed by atoms with Gasteiger partial charge in [-0.05, 0) is 44.4 Å². The van der Waals surface area contributed by atoms with Crippen LogP contribution in [0, 0.1) is 12.3 Å². The van der Waals surface area contributed by atoms with Crippen molar-refractivity contribution in [2.75, 3.05) is 13.2 Å². The van der Waals surface area contributed by atoms with E-state index in [1.807, 2.05) is 19.1 Å². The fourth-order valence-corrected chi connectivity index (χ4v) is 5.89. The standard InChI is InChI=1S/C23H23NO5S/c1-3-29-21(25)14-20-23(15-17-6-4-5-7-19(17)22(23)26)12-13-24(20)30(27,28)18-10-8-16(2)9-11-18/h4-11,14H,3,12-13,15H2,1-2H3/b20-14-. The van der Waals surface area contributed by atoms with Gasteiger partial charge in [0.05, 0.1) is 22.6 Å². The molecule has 0 amide bonds. The van der Waals surface area contributed by atoms with E-state index in [4.69, 9.17) is 4.74 Å². The quantitative estimate of drug-likeness (QED) is 0.555. The predicted molar refractivity (Wildman–Crippen MR) is 111 cm³/mol.